The predicted octanol–water partition coefficient (Wildman–Crippen LogP) is 2.95. The number of alkyl carbamates (subject to hydrolysis) is 1. The molecule has 0 radical (unpaired) electrons. The van der Waals surface area contributed by atoms with Gasteiger partial charge >= 0.3 is 12.1 Å². The Morgan fingerprint density at radius 1 is 1.23 bits per heavy atom. The highest BCUT2D eigenvalue weighted by molar-refractivity contribution is 5.79. The molecule has 0 saturated heterocycles. The van der Waals surface area contributed by atoms with E-state index >= 15 is 0 Å². The van der Waals surface area contributed by atoms with Gasteiger partial charge in [-0.25, -0.2) is 9.59 Å². The first-order chi connectivity index (χ1) is 10.6. The van der Waals surface area contributed by atoms with Crippen LogP contribution in [-0.4, -0.2) is 23.2 Å². The first-order valence-corrected chi connectivity index (χ1v) is 7.27. The Hall–Kier alpha value is -2.48. The minimum absolute atomic E-state index is 0.112. The molecule has 1 aromatic carbocycles. The van der Waals surface area contributed by atoms with E-state index in [1.165, 1.54) is 0 Å². The molecule has 0 spiro atoms. The van der Waals surface area contributed by atoms with E-state index in [2.05, 4.69) is 11.2 Å². The summed E-state index contributed by atoms with van der Waals surface area (Å²) >= 11 is 0. The minimum atomic E-state index is -1.06. The van der Waals surface area contributed by atoms with Crippen molar-refractivity contribution in [3.63, 3.8) is 0 Å². The topological polar surface area (TPSA) is 75.6 Å². The third-order valence-electron chi connectivity index (χ3n) is 3.12. The van der Waals surface area contributed by atoms with Crippen LogP contribution in [0.15, 0.2) is 30.3 Å². The van der Waals surface area contributed by atoms with Crippen LogP contribution in [0.4, 0.5) is 4.79 Å². The van der Waals surface area contributed by atoms with Crippen molar-refractivity contribution >= 4 is 12.1 Å². The van der Waals surface area contributed by atoms with Gasteiger partial charge in [0, 0.05) is 6.42 Å². The van der Waals surface area contributed by atoms with Gasteiger partial charge in [-0.1, -0.05) is 43.2 Å². The highest BCUT2D eigenvalue weighted by Gasteiger charge is 2.20. The molecule has 1 aromatic rings. The molecule has 5 heteroatoms. The van der Waals surface area contributed by atoms with E-state index < -0.39 is 18.1 Å². The Labute approximate surface area is 130 Å². The fraction of sp³-hybridized carbons (Fsp3) is 0.412. The van der Waals surface area contributed by atoms with Gasteiger partial charge in [0.2, 0.25) is 0 Å². The summed E-state index contributed by atoms with van der Waals surface area (Å²) in [6.07, 6.45) is 7.87. The molecule has 118 valence electrons. The lowest BCUT2D eigenvalue weighted by molar-refractivity contribution is -0.139. The van der Waals surface area contributed by atoms with Crippen LogP contribution < -0.4 is 5.32 Å². The van der Waals surface area contributed by atoms with Crippen molar-refractivity contribution in [1.82, 2.24) is 5.32 Å². The number of amides is 1. The lowest BCUT2D eigenvalue weighted by Crippen LogP contribution is -2.40. The van der Waals surface area contributed by atoms with Crippen molar-refractivity contribution in [2.24, 2.45) is 0 Å². The van der Waals surface area contributed by atoms with Crippen LogP contribution in [0.25, 0.3) is 0 Å². The van der Waals surface area contributed by atoms with E-state index in [4.69, 9.17) is 16.3 Å². The van der Waals surface area contributed by atoms with E-state index in [9.17, 15) is 9.59 Å². The molecule has 0 heterocycles. The fourth-order valence-corrected chi connectivity index (χ4v) is 1.92. The van der Waals surface area contributed by atoms with Crippen molar-refractivity contribution < 1.29 is 19.4 Å². The van der Waals surface area contributed by atoms with Crippen molar-refractivity contribution in [2.75, 3.05) is 0 Å². The largest absolute Gasteiger partial charge is 0.480 e. The van der Waals surface area contributed by atoms with Crippen LogP contribution in [0.5, 0.6) is 0 Å². The second-order valence-electron chi connectivity index (χ2n) is 4.90. The Balaban J connectivity index is 2.31. The zero-order chi connectivity index (χ0) is 16.2. The molecule has 0 aromatic heterocycles. The quantitative estimate of drug-likeness (QED) is 0.543. The highest BCUT2D eigenvalue weighted by atomic mass is 16.5. The molecular formula is C17H21NO4. The Morgan fingerprint density at radius 2 is 1.95 bits per heavy atom. The summed E-state index contributed by atoms with van der Waals surface area (Å²) in [7, 11) is 0. The first-order valence-electron chi connectivity index (χ1n) is 7.27. The summed E-state index contributed by atoms with van der Waals surface area (Å²) < 4.78 is 5.01. The van der Waals surface area contributed by atoms with E-state index in [0.29, 0.717) is 19.3 Å². The molecule has 0 aliphatic heterocycles. The first kappa shape index (κ1) is 17.6. The van der Waals surface area contributed by atoms with Gasteiger partial charge in [-0.05, 0) is 18.4 Å². The van der Waals surface area contributed by atoms with E-state index in [1.54, 1.807) is 0 Å². The summed E-state index contributed by atoms with van der Waals surface area (Å²) in [5, 5.41) is 11.5. The summed E-state index contributed by atoms with van der Waals surface area (Å²) in [4.78, 5) is 22.8. The SMILES string of the molecule is C#CCCCCCC(NC(=O)OCc1ccccc1)C(=O)O. The average molecular weight is 303 g/mol. The standard InChI is InChI=1S/C17H21NO4/c1-2-3-4-5-9-12-15(16(19)20)18-17(21)22-13-14-10-7-6-8-11-14/h1,6-8,10-11,15H,3-5,9,12-13H2,(H,18,21)(H,19,20). The van der Waals surface area contributed by atoms with Crippen LogP contribution in [0, 0.1) is 12.3 Å². The maximum atomic E-state index is 11.6. The van der Waals surface area contributed by atoms with Crippen molar-refractivity contribution in [1.29, 1.82) is 0 Å². The van der Waals surface area contributed by atoms with Gasteiger partial charge in [-0.15, -0.1) is 12.3 Å². The predicted molar refractivity (Wildman–Crippen MR) is 83.1 cm³/mol. The molecule has 0 bridgehead atoms. The number of unbranched alkanes of at least 4 members (excludes halogenated alkanes) is 3. The molecule has 1 unspecified atom stereocenters. The molecule has 0 fully saturated rings. The number of carboxylic acids is 1. The van der Waals surface area contributed by atoms with Gasteiger partial charge in [0.25, 0.3) is 0 Å². The molecule has 1 rings (SSSR count). The van der Waals surface area contributed by atoms with E-state index in [0.717, 1.165) is 18.4 Å². The van der Waals surface area contributed by atoms with Gasteiger partial charge < -0.3 is 15.2 Å². The molecule has 0 aliphatic rings. The molecule has 0 saturated carbocycles. The van der Waals surface area contributed by atoms with Crippen molar-refractivity contribution in [3.8, 4) is 12.3 Å². The smallest absolute Gasteiger partial charge is 0.408 e. The summed E-state index contributed by atoms with van der Waals surface area (Å²) in [5.74, 6) is 1.48. The van der Waals surface area contributed by atoms with Gasteiger partial charge in [-0.2, -0.15) is 0 Å². The van der Waals surface area contributed by atoms with Gasteiger partial charge in [0.15, 0.2) is 0 Å². The number of carbonyl (C=O) groups excluding carboxylic acids is 1. The number of nitrogens with one attached hydrogen (secondary N) is 1. The second-order valence-corrected chi connectivity index (χ2v) is 4.90. The number of ether oxygens (including phenoxy) is 1. The Kier molecular flexibility index (Phi) is 8.21. The van der Waals surface area contributed by atoms with Crippen molar-refractivity contribution in [3.05, 3.63) is 35.9 Å². The van der Waals surface area contributed by atoms with Crippen LogP contribution in [-0.2, 0) is 16.1 Å². The van der Waals surface area contributed by atoms with Crippen LogP contribution in [0.2, 0.25) is 0 Å². The van der Waals surface area contributed by atoms with Crippen LogP contribution >= 0.6 is 0 Å². The van der Waals surface area contributed by atoms with E-state index in [1.807, 2.05) is 30.3 Å². The number of aliphatic carboxylic acids is 1. The lowest BCUT2D eigenvalue weighted by atomic mass is 10.1. The molecule has 1 amide bonds. The number of benzene rings is 1. The number of hydrogen-bond donors (Lipinski definition) is 2. The number of carbonyl (C=O) groups is 2. The van der Waals surface area contributed by atoms with Crippen LogP contribution in [0.1, 0.15) is 37.7 Å². The number of terminal acetylenes is 1. The summed E-state index contributed by atoms with van der Waals surface area (Å²) in [6, 6.07) is 8.26. The maximum Gasteiger partial charge on any atom is 0.408 e. The molecule has 2 N–H and O–H groups in total. The molecule has 0 aliphatic carbocycles. The fourth-order valence-electron chi connectivity index (χ4n) is 1.92. The van der Waals surface area contributed by atoms with Crippen molar-refractivity contribution in [2.45, 2.75) is 44.8 Å². The molecule has 1 atom stereocenters. The third-order valence-corrected chi connectivity index (χ3v) is 3.12. The number of rotatable bonds is 9. The average Bonchev–Trinajstić information content (AvgIpc) is 2.52. The van der Waals surface area contributed by atoms with Crippen LogP contribution in [0.3, 0.4) is 0 Å². The monoisotopic (exact) mass is 303 g/mol. The molecular weight excluding hydrogens is 282 g/mol. The Bertz CT molecular complexity index is 507. The summed E-state index contributed by atoms with van der Waals surface area (Å²) in [5.41, 5.74) is 0.846. The molecule has 22 heavy (non-hydrogen) atoms. The van der Waals surface area contributed by atoms with E-state index in [-0.39, 0.29) is 6.61 Å². The highest BCUT2D eigenvalue weighted by Crippen LogP contribution is 2.07. The Morgan fingerprint density at radius 3 is 2.59 bits per heavy atom. The number of hydrogen-bond acceptors (Lipinski definition) is 3. The van der Waals surface area contributed by atoms with Gasteiger partial charge in [0.1, 0.15) is 12.6 Å². The third kappa shape index (κ3) is 7.34. The number of carboxylic acid groups (broad SMARTS) is 1. The summed E-state index contributed by atoms with van der Waals surface area (Å²) in [6.45, 7) is 0.112. The van der Waals surface area contributed by atoms with Gasteiger partial charge in [-0.3, -0.25) is 0 Å². The maximum absolute atomic E-state index is 11.6. The normalized spacial score (nSPS) is 11.2. The minimum Gasteiger partial charge on any atom is -0.480 e. The zero-order valence-corrected chi connectivity index (χ0v) is 12.5. The molecule has 5 nitrogen and oxygen atoms in total. The zero-order valence-electron chi connectivity index (χ0n) is 12.5. The lowest BCUT2D eigenvalue weighted by Gasteiger charge is -2.14. The second kappa shape index (κ2) is 10.3. The van der Waals surface area contributed by atoms with Gasteiger partial charge in [0.05, 0.1) is 0 Å².